The Kier molecular flexibility index (Phi) is 7.88. The first kappa shape index (κ1) is 12.1. The lowest BCUT2D eigenvalue weighted by Crippen LogP contribution is -2.17. The van der Waals surface area contributed by atoms with Gasteiger partial charge in [0.25, 0.3) is 0 Å². The second-order valence-corrected chi connectivity index (χ2v) is 1.50. The highest BCUT2D eigenvalue weighted by Crippen LogP contribution is 1.83. The zero-order valence-corrected chi connectivity index (χ0v) is 6.44. The summed E-state index contributed by atoms with van der Waals surface area (Å²) in [5.74, 6) is -0.840. The molecule has 0 amide bonds. The van der Waals surface area contributed by atoms with E-state index < -0.39 is 5.97 Å². The largest absolute Gasteiger partial charge is 0.469 e. The topological polar surface area (TPSA) is 69.4 Å². The van der Waals surface area contributed by atoms with E-state index in [-0.39, 0.29) is 31.2 Å². The van der Waals surface area contributed by atoms with E-state index in [9.17, 15) is 9.59 Å². The van der Waals surface area contributed by atoms with Gasteiger partial charge in [-0.15, -0.1) is 12.4 Å². The zero-order valence-electron chi connectivity index (χ0n) is 5.62. The van der Waals surface area contributed by atoms with Crippen LogP contribution in [0.2, 0.25) is 0 Å². The van der Waals surface area contributed by atoms with Gasteiger partial charge < -0.3 is 10.5 Å². The summed E-state index contributed by atoms with van der Waals surface area (Å²) in [5.41, 5.74) is 4.92. The van der Waals surface area contributed by atoms with Crippen LogP contribution in [0, 0.1) is 0 Å². The molecule has 10 heavy (non-hydrogen) atoms. The van der Waals surface area contributed by atoms with Crippen molar-refractivity contribution >= 4 is 24.2 Å². The van der Waals surface area contributed by atoms with Crippen molar-refractivity contribution in [3.05, 3.63) is 0 Å². The molecule has 0 fully saturated rings. The molecular weight excluding hydrogens is 158 g/mol. The number of Topliss-reactive ketones (excluding diaryl/α,β-unsaturated/α-hetero) is 1. The van der Waals surface area contributed by atoms with Crippen LogP contribution in [0.15, 0.2) is 0 Å². The third kappa shape index (κ3) is 5.53. The van der Waals surface area contributed by atoms with E-state index in [1.54, 1.807) is 0 Å². The first-order valence-corrected chi connectivity index (χ1v) is 2.49. The zero-order chi connectivity index (χ0) is 7.28. The molecule has 0 saturated carbocycles. The van der Waals surface area contributed by atoms with Crippen molar-refractivity contribution < 1.29 is 14.3 Å². The Balaban J connectivity index is 0. The minimum Gasteiger partial charge on any atom is -0.469 e. The van der Waals surface area contributed by atoms with Gasteiger partial charge in [-0.25, -0.2) is 0 Å². The number of halogens is 1. The minimum absolute atomic E-state index is 0. The van der Waals surface area contributed by atoms with Crippen molar-refractivity contribution in [2.75, 3.05) is 13.7 Å². The molecule has 0 aliphatic carbocycles. The SMILES string of the molecule is COC(=O)CC(=O)CN.Cl. The molecule has 0 aromatic rings. The van der Waals surface area contributed by atoms with Crippen LogP contribution in [-0.2, 0) is 14.3 Å². The lowest BCUT2D eigenvalue weighted by molar-refractivity contribution is -0.143. The van der Waals surface area contributed by atoms with Crippen LogP contribution in [0.5, 0.6) is 0 Å². The van der Waals surface area contributed by atoms with E-state index in [1.807, 2.05) is 0 Å². The predicted molar refractivity (Wildman–Crippen MR) is 37.9 cm³/mol. The highest BCUT2D eigenvalue weighted by atomic mass is 35.5. The molecule has 2 N–H and O–H groups in total. The molecule has 0 heterocycles. The van der Waals surface area contributed by atoms with Gasteiger partial charge in [0.15, 0.2) is 5.78 Å². The second-order valence-electron chi connectivity index (χ2n) is 1.50. The van der Waals surface area contributed by atoms with Gasteiger partial charge in [0, 0.05) is 0 Å². The van der Waals surface area contributed by atoms with Crippen molar-refractivity contribution in [1.29, 1.82) is 0 Å². The normalized spacial score (nSPS) is 7.80. The number of esters is 1. The maximum Gasteiger partial charge on any atom is 0.313 e. The van der Waals surface area contributed by atoms with E-state index >= 15 is 0 Å². The maximum absolute atomic E-state index is 10.4. The number of ether oxygens (including phenoxy) is 1. The molecule has 5 heteroatoms. The Labute approximate surface area is 65.1 Å². The number of carbonyl (C=O) groups is 2. The van der Waals surface area contributed by atoms with Crippen molar-refractivity contribution in [2.24, 2.45) is 5.73 Å². The Hall–Kier alpha value is -0.610. The number of nitrogens with two attached hydrogens (primary N) is 1. The van der Waals surface area contributed by atoms with Crippen LogP contribution >= 0.6 is 12.4 Å². The van der Waals surface area contributed by atoms with Crippen molar-refractivity contribution in [3.63, 3.8) is 0 Å². The number of hydrogen-bond acceptors (Lipinski definition) is 4. The van der Waals surface area contributed by atoms with Crippen LogP contribution in [-0.4, -0.2) is 25.4 Å². The molecule has 0 radical (unpaired) electrons. The monoisotopic (exact) mass is 167 g/mol. The standard InChI is InChI=1S/C5H9NO3.ClH/c1-9-5(8)2-4(7)3-6;/h2-3,6H2,1H3;1H. The lowest BCUT2D eigenvalue weighted by Gasteiger charge is -1.93. The number of carbonyl (C=O) groups excluding carboxylic acids is 2. The summed E-state index contributed by atoms with van der Waals surface area (Å²) in [5, 5.41) is 0. The molecule has 0 aromatic carbocycles. The molecule has 0 spiro atoms. The first-order chi connectivity index (χ1) is 4.20. The molecule has 0 saturated heterocycles. The Morgan fingerprint density at radius 1 is 1.50 bits per heavy atom. The predicted octanol–water partition coefficient (Wildman–Crippen LogP) is -0.501. The van der Waals surface area contributed by atoms with Crippen LogP contribution < -0.4 is 5.73 Å². The van der Waals surface area contributed by atoms with E-state index in [1.165, 1.54) is 7.11 Å². The van der Waals surface area contributed by atoms with Crippen molar-refractivity contribution in [3.8, 4) is 0 Å². The van der Waals surface area contributed by atoms with E-state index in [4.69, 9.17) is 5.73 Å². The van der Waals surface area contributed by atoms with Gasteiger partial charge in [-0.2, -0.15) is 0 Å². The summed E-state index contributed by atoms with van der Waals surface area (Å²) >= 11 is 0. The smallest absolute Gasteiger partial charge is 0.313 e. The Morgan fingerprint density at radius 2 is 2.00 bits per heavy atom. The first-order valence-electron chi connectivity index (χ1n) is 2.49. The molecular formula is C5H10ClNO3. The van der Waals surface area contributed by atoms with Crippen LogP contribution in [0.3, 0.4) is 0 Å². The van der Waals surface area contributed by atoms with Crippen LogP contribution in [0.4, 0.5) is 0 Å². The summed E-state index contributed by atoms with van der Waals surface area (Å²) < 4.78 is 4.21. The highest BCUT2D eigenvalue weighted by Gasteiger charge is 2.05. The van der Waals surface area contributed by atoms with Gasteiger partial charge in [0.05, 0.1) is 13.7 Å². The average molecular weight is 168 g/mol. The van der Waals surface area contributed by atoms with E-state index in [0.29, 0.717) is 0 Å². The Morgan fingerprint density at radius 3 is 2.30 bits per heavy atom. The minimum atomic E-state index is -0.537. The van der Waals surface area contributed by atoms with Crippen LogP contribution in [0.25, 0.3) is 0 Å². The molecule has 0 rings (SSSR count). The average Bonchev–Trinajstić information content (AvgIpc) is 1.87. The third-order valence-corrected chi connectivity index (χ3v) is 0.797. The fourth-order valence-corrected chi connectivity index (χ4v) is 0.305. The molecule has 4 nitrogen and oxygen atoms in total. The molecule has 0 atom stereocenters. The second kappa shape index (κ2) is 6.51. The number of rotatable bonds is 3. The van der Waals surface area contributed by atoms with Gasteiger partial charge in [0.2, 0.25) is 0 Å². The molecule has 0 aliphatic rings. The van der Waals surface area contributed by atoms with Gasteiger partial charge in [0.1, 0.15) is 6.42 Å². The van der Waals surface area contributed by atoms with Crippen molar-refractivity contribution in [2.45, 2.75) is 6.42 Å². The van der Waals surface area contributed by atoms with Gasteiger partial charge in [-0.3, -0.25) is 9.59 Å². The molecule has 0 aromatic heterocycles. The summed E-state index contributed by atoms with van der Waals surface area (Å²) in [6.45, 7) is -0.102. The quantitative estimate of drug-likeness (QED) is 0.455. The highest BCUT2D eigenvalue weighted by molar-refractivity contribution is 5.96. The number of methoxy groups -OCH3 is 1. The lowest BCUT2D eigenvalue weighted by atomic mass is 10.3. The summed E-state index contributed by atoms with van der Waals surface area (Å²) in [6.07, 6.45) is -0.215. The molecule has 0 bridgehead atoms. The van der Waals surface area contributed by atoms with Gasteiger partial charge in [-0.05, 0) is 0 Å². The summed E-state index contributed by atoms with van der Waals surface area (Å²) in [6, 6.07) is 0. The molecule has 60 valence electrons. The Bertz CT molecular complexity index is 112. The third-order valence-electron chi connectivity index (χ3n) is 0.797. The maximum atomic E-state index is 10.4. The molecule has 0 aliphatic heterocycles. The number of ketones is 1. The van der Waals surface area contributed by atoms with Gasteiger partial charge in [-0.1, -0.05) is 0 Å². The van der Waals surface area contributed by atoms with Crippen molar-refractivity contribution in [1.82, 2.24) is 0 Å². The van der Waals surface area contributed by atoms with E-state index in [2.05, 4.69) is 4.74 Å². The van der Waals surface area contributed by atoms with Crippen LogP contribution in [0.1, 0.15) is 6.42 Å². The van der Waals surface area contributed by atoms with E-state index in [0.717, 1.165) is 0 Å². The summed E-state index contributed by atoms with van der Waals surface area (Å²) in [4.78, 5) is 20.6. The summed E-state index contributed by atoms with van der Waals surface area (Å²) in [7, 11) is 1.23. The fraction of sp³-hybridized carbons (Fsp3) is 0.600. The van der Waals surface area contributed by atoms with Gasteiger partial charge >= 0.3 is 5.97 Å². The fourth-order valence-electron chi connectivity index (χ4n) is 0.305. The molecule has 0 unspecified atom stereocenters. The number of hydrogen-bond donors (Lipinski definition) is 1.